The fraction of sp³-hybridized carbons (Fsp3) is 0.320. The summed E-state index contributed by atoms with van der Waals surface area (Å²) in [4.78, 5) is 33.7. The Hall–Kier alpha value is -3.45. The van der Waals surface area contributed by atoms with E-state index in [1.807, 2.05) is 36.4 Å². The van der Waals surface area contributed by atoms with Crippen molar-refractivity contribution in [2.24, 2.45) is 0 Å². The first-order valence-electron chi connectivity index (χ1n) is 10.7. The van der Waals surface area contributed by atoms with Gasteiger partial charge in [-0.2, -0.15) is 0 Å². The predicted molar refractivity (Wildman–Crippen MR) is 122 cm³/mol. The molecule has 2 aromatic carbocycles. The zero-order valence-corrected chi connectivity index (χ0v) is 18.4. The maximum Gasteiger partial charge on any atom is 0.340 e. The van der Waals surface area contributed by atoms with Gasteiger partial charge in [0, 0.05) is 44.2 Å². The van der Waals surface area contributed by atoms with Crippen LogP contribution in [-0.4, -0.2) is 66.6 Å². The number of piperazine rings is 1. The number of carbonyl (C=O) groups is 2. The quantitative estimate of drug-likeness (QED) is 0.557. The average Bonchev–Trinajstić information content (AvgIpc) is 2.82. The molecule has 166 valence electrons. The second-order valence-corrected chi connectivity index (χ2v) is 7.90. The Morgan fingerprint density at radius 3 is 2.47 bits per heavy atom. The molecule has 1 aliphatic rings. The third-order valence-corrected chi connectivity index (χ3v) is 5.74. The molecule has 1 amide bonds. The number of aromatic nitrogens is 1. The van der Waals surface area contributed by atoms with Crippen LogP contribution in [0.3, 0.4) is 0 Å². The van der Waals surface area contributed by atoms with Crippen LogP contribution >= 0.6 is 0 Å². The van der Waals surface area contributed by atoms with E-state index < -0.39 is 5.97 Å². The molecule has 1 aliphatic heterocycles. The van der Waals surface area contributed by atoms with Crippen LogP contribution in [0.2, 0.25) is 0 Å². The van der Waals surface area contributed by atoms with Gasteiger partial charge in [0.05, 0.1) is 23.9 Å². The van der Waals surface area contributed by atoms with Gasteiger partial charge < -0.3 is 14.4 Å². The van der Waals surface area contributed by atoms with Crippen molar-refractivity contribution in [2.45, 2.75) is 13.5 Å². The van der Waals surface area contributed by atoms with Crippen molar-refractivity contribution in [1.82, 2.24) is 14.8 Å². The first-order chi connectivity index (χ1) is 15.5. The van der Waals surface area contributed by atoms with Gasteiger partial charge in [-0.3, -0.25) is 14.7 Å². The minimum absolute atomic E-state index is 0.172. The van der Waals surface area contributed by atoms with Gasteiger partial charge in [-0.25, -0.2) is 4.79 Å². The third-order valence-electron chi connectivity index (χ3n) is 5.74. The van der Waals surface area contributed by atoms with Crippen molar-refractivity contribution in [1.29, 1.82) is 0 Å². The molecule has 3 aromatic rings. The van der Waals surface area contributed by atoms with Crippen molar-refractivity contribution < 1.29 is 19.1 Å². The van der Waals surface area contributed by atoms with Gasteiger partial charge >= 0.3 is 5.97 Å². The molecule has 0 N–H and O–H groups in total. The number of rotatable bonds is 6. The molecule has 32 heavy (non-hydrogen) atoms. The van der Waals surface area contributed by atoms with Crippen LogP contribution in [-0.2, 0) is 16.1 Å². The molecule has 1 saturated heterocycles. The maximum atomic E-state index is 12.6. The van der Waals surface area contributed by atoms with Crippen LogP contribution in [0.4, 0.5) is 0 Å². The van der Waals surface area contributed by atoms with Crippen LogP contribution in [0.5, 0.6) is 5.75 Å². The summed E-state index contributed by atoms with van der Waals surface area (Å²) in [6.07, 6.45) is 0. The zero-order valence-electron chi connectivity index (χ0n) is 18.4. The number of pyridine rings is 1. The van der Waals surface area contributed by atoms with Crippen molar-refractivity contribution in [3.05, 3.63) is 71.4 Å². The first kappa shape index (κ1) is 21.8. The third kappa shape index (κ3) is 5.06. The normalized spacial score (nSPS) is 14.4. The number of nitrogens with zero attached hydrogens (tertiary/aromatic N) is 3. The molecule has 4 rings (SSSR count). The van der Waals surface area contributed by atoms with Gasteiger partial charge in [0.15, 0.2) is 6.61 Å². The van der Waals surface area contributed by atoms with Gasteiger partial charge in [0.1, 0.15) is 5.75 Å². The van der Waals surface area contributed by atoms with Gasteiger partial charge in [-0.05, 0) is 30.7 Å². The zero-order chi connectivity index (χ0) is 22.5. The van der Waals surface area contributed by atoms with Crippen molar-refractivity contribution in [3.63, 3.8) is 0 Å². The summed E-state index contributed by atoms with van der Waals surface area (Å²) in [7, 11) is 1.60. The van der Waals surface area contributed by atoms with E-state index in [0.29, 0.717) is 30.1 Å². The van der Waals surface area contributed by atoms with E-state index in [2.05, 4.69) is 22.0 Å². The maximum absolute atomic E-state index is 12.6. The Bertz CT molecular complexity index is 1110. The minimum Gasteiger partial charge on any atom is -0.497 e. The lowest BCUT2D eigenvalue weighted by Gasteiger charge is -2.34. The van der Waals surface area contributed by atoms with Gasteiger partial charge in [-0.15, -0.1) is 0 Å². The second-order valence-electron chi connectivity index (χ2n) is 7.90. The van der Waals surface area contributed by atoms with E-state index >= 15 is 0 Å². The lowest BCUT2D eigenvalue weighted by Crippen LogP contribution is -2.49. The molecule has 0 spiro atoms. The summed E-state index contributed by atoms with van der Waals surface area (Å²) in [6.45, 7) is 5.21. The van der Waals surface area contributed by atoms with Gasteiger partial charge in [0.25, 0.3) is 5.91 Å². The monoisotopic (exact) mass is 433 g/mol. The lowest BCUT2D eigenvalue weighted by atomic mass is 10.1. The highest BCUT2D eigenvalue weighted by Gasteiger charge is 2.23. The summed E-state index contributed by atoms with van der Waals surface area (Å²) in [6, 6.07) is 17.5. The molecule has 2 heterocycles. The summed E-state index contributed by atoms with van der Waals surface area (Å²) in [5, 5.41) is 0.809. The van der Waals surface area contributed by atoms with E-state index in [1.165, 1.54) is 5.56 Å². The molecule has 0 radical (unpaired) electrons. The van der Waals surface area contributed by atoms with Crippen LogP contribution in [0.25, 0.3) is 10.9 Å². The Kier molecular flexibility index (Phi) is 6.66. The van der Waals surface area contributed by atoms with E-state index in [0.717, 1.165) is 30.5 Å². The van der Waals surface area contributed by atoms with Crippen LogP contribution in [0.1, 0.15) is 21.6 Å². The number of hydrogen-bond donors (Lipinski definition) is 0. The molecule has 1 fully saturated rings. The van der Waals surface area contributed by atoms with E-state index in [9.17, 15) is 9.59 Å². The van der Waals surface area contributed by atoms with E-state index in [1.54, 1.807) is 25.0 Å². The van der Waals surface area contributed by atoms with Crippen molar-refractivity contribution in [3.8, 4) is 5.75 Å². The number of carbonyl (C=O) groups excluding carboxylic acids is 2. The van der Waals surface area contributed by atoms with Gasteiger partial charge in [0.2, 0.25) is 0 Å². The number of amides is 1. The smallest absolute Gasteiger partial charge is 0.340 e. The first-order valence-corrected chi connectivity index (χ1v) is 10.7. The number of fused-ring (bicyclic) bond motifs is 1. The molecule has 0 atom stereocenters. The highest BCUT2D eigenvalue weighted by Crippen LogP contribution is 2.22. The van der Waals surface area contributed by atoms with E-state index in [4.69, 9.17) is 9.47 Å². The molecule has 7 nitrogen and oxygen atoms in total. The fourth-order valence-electron chi connectivity index (χ4n) is 3.87. The summed E-state index contributed by atoms with van der Waals surface area (Å²) in [5.74, 6) is -0.00757. The van der Waals surface area contributed by atoms with Crippen LogP contribution in [0.15, 0.2) is 54.6 Å². The fourth-order valence-corrected chi connectivity index (χ4v) is 3.87. The molecule has 0 unspecified atom stereocenters. The Labute approximate surface area is 187 Å². The van der Waals surface area contributed by atoms with Crippen molar-refractivity contribution in [2.75, 3.05) is 39.9 Å². The number of ether oxygens (including phenoxy) is 2. The van der Waals surface area contributed by atoms with Crippen LogP contribution in [0, 0.1) is 6.92 Å². The standard InChI is InChI=1S/C25H27N3O4/c1-18-22(14-20-8-9-21(31-2)15-23(20)26-18)25(30)32-17-24(29)28-12-10-27(11-13-28)16-19-6-4-3-5-7-19/h3-9,14-15H,10-13,16-17H2,1-2H3. The largest absolute Gasteiger partial charge is 0.497 e. The molecule has 0 bridgehead atoms. The Morgan fingerprint density at radius 1 is 1.00 bits per heavy atom. The number of benzene rings is 2. The number of hydrogen-bond acceptors (Lipinski definition) is 6. The number of esters is 1. The lowest BCUT2D eigenvalue weighted by molar-refractivity contribution is -0.136. The molecule has 7 heteroatoms. The van der Waals surface area contributed by atoms with E-state index in [-0.39, 0.29) is 12.5 Å². The topological polar surface area (TPSA) is 72.0 Å². The highest BCUT2D eigenvalue weighted by atomic mass is 16.5. The second kappa shape index (κ2) is 9.78. The molecular formula is C25H27N3O4. The minimum atomic E-state index is -0.538. The molecule has 0 aliphatic carbocycles. The SMILES string of the molecule is COc1ccc2cc(C(=O)OCC(=O)N3CCN(Cc4ccccc4)CC3)c(C)nc2c1. The van der Waals surface area contributed by atoms with Gasteiger partial charge in [-0.1, -0.05) is 30.3 Å². The molecule has 0 saturated carbocycles. The number of methoxy groups -OCH3 is 1. The predicted octanol–water partition coefficient (Wildman–Crippen LogP) is 3.05. The summed E-state index contributed by atoms with van der Waals surface area (Å²) in [5.41, 5.74) is 2.92. The number of aryl methyl sites for hydroxylation is 1. The molecule has 1 aromatic heterocycles. The Morgan fingerprint density at radius 2 is 1.75 bits per heavy atom. The Balaban J connectivity index is 1.30. The summed E-state index contributed by atoms with van der Waals surface area (Å²) >= 11 is 0. The summed E-state index contributed by atoms with van der Waals surface area (Å²) < 4.78 is 10.6. The highest BCUT2D eigenvalue weighted by molar-refractivity contribution is 5.96. The van der Waals surface area contributed by atoms with Crippen LogP contribution < -0.4 is 4.74 Å². The molecular weight excluding hydrogens is 406 g/mol. The van der Waals surface area contributed by atoms with Crippen molar-refractivity contribution >= 4 is 22.8 Å². The average molecular weight is 434 g/mol.